The van der Waals surface area contributed by atoms with Gasteiger partial charge < -0.3 is 13.9 Å². The van der Waals surface area contributed by atoms with Gasteiger partial charge in [-0.2, -0.15) is 0 Å². The van der Waals surface area contributed by atoms with Gasteiger partial charge in [0.1, 0.15) is 22.7 Å². The van der Waals surface area contributed by atoms with Crippen LogP contribution in [-0.2, 0) is 0 Å². The lowest BCUT2D eigenvalue weighted by molar-refractivity contribution is 0.310. The van der Waals surface area contributed by atoms with Gasteiger partial charge >= 0.3 is 0 Å². The third-order valence-electron chi connectivity index (χ3n) is 5.15. The highest BCUT2D eigenvalue weighted by Gasteiger charge is 2.13. The van der Waals surface area contributed by atoms with E-state index in [1.807, 2.05) is 12.2 Å². The maximum atomic E-state index is 6.12. The van der Waals surface area contributed by atoms with Crippen LogP contribution in [0.4, 0.5) is 0 Å². The number of hydrogen-bond donors (Lipinski definition) is 0. The molecule has 0 spiro atoms. The van der Waals surface area contributed by atoms with Crippen molar-refractivity contribution in [3.8, 4) is 11.5 Å². The Morgan fingerprint density at radius 1 is 0.742 bits per heavy atom. The molecule has 0 bridgehead atoms. The summed E-state index contributed by atoms with van der Waals surface area (Å²) in [6.45, 7) is 12.8. The van der Waals surface area contributed by atoms with Crippen molar-refractivity contribution in [3.05, 3.63) is 85.0 Å². The van der Waals surface area contributed by atoms with Crippen LogP contribution in [0, 0.1) is 13.8 Å². The normalized spacial score (nSPS) is 11.7. The van der Waals surface area contributed by atoms with Gasteiger partial charge in [-0.05, 0) is 74.9 Å². The lowest BCUT2D eigenvalue weighted by Crippen LogP contribution is -1.98. The van der Waals surface area contributed by atoms with Gasteiger partial charge in [-0.15, -0.1) is 0 Å². The van der Waals surface area contributed by atoms with Crippen molar-refractivity contribution in [1.29, 1.82) is 0 Å². The summed E-state index contributed by atoms with van der Waals surface area (Å²) in [5.74, 6) is 1.81. The van der Waals surface area contributed by atoms with E-state index in [1.165, 1.54) is 0 Å². The molecule has 3 nitrogen and oxygen atoms in total. The minimum absolute atomic E-state index is 0.678. The summed E-state index contributed by atoms with van der Waals surface area (Å²) in [6, 6.07) is 8.30. The third-order valence-corrected chi connectivity index (χ3v) is 5.15. The van der Waals surface area contributed by atoms with E-state index < -0.39 is 0 Å². The SMILES string of the molecule is C=CC=CCCCOc1cc2c(cc1C)oc1cc(C)c(OCCC/C=C/C=C)cc12. The van der Waals surface area contributed by atoms with E-state index >= 15 is 0 Å². The number of benzene rings is 2. The average molecular weight is 417 g/mol. The molecule has 3 rings (SSSR count). The first-order valence-corrected chi connectivity index (χ1v) is 10.9. The Balaban J connectivity index is 1.76. The van der Waals surface area contributed by atoms with Gasteiger partial charge in [0.2, 0.25) is 0 Å². The molecule has 0 aliphatic carbocycles. The Morgan fingerprint density at radius 2 is 1.19 bits per heavy atom. The highest BCUT2D eigenvalue weighted by atomic mass is 16.5. The second kappa shape index (κ2) is 11.3. The first-order valence-electron chi connectivity index (χ1n) is 10.9. The lowest BCUT2D eigenvalue weighted by Gasteiger charge is -2.09. The van der Waals surface area contributed by atoms with E-state index in [9.17, 15) is 0 Å². The number of ether oxygens (including phenoxy) is 2. The molecule has 31 heavy (non-hydrogen) atoms. The predicted octanol–water partition coefficient (Wildman–Crippen LogP) is 8.01. The van der Waals surface area contributed by atoms with Crippen molar-refractivity contribution in [2.75, 3.05) is 13.2 Å². The second-order valence-electron chi connectivity index (χ2n) is 7.64. The highest BCUT2D eigenvalue weighted by molar-refractivity contribution is 6.06. The van der Waals surface area contributed by atoms with Crippen molar-refractivity contribution in [1.82, 2.24) is 0 Å². The van der Waals surface area contributed by atoms with Crippen LogP contribution in [-0.4, -0.2) is 13.2 Å². The number of fused-ring (bicyclic) bond motifs is 3. The standard InChI is InChI=1S/C28H32O3/c1-5-7-9-11-13-15-29-25-19-23-24-20-26(30-16-14-12-10-8-6-2)22(4)18-28(24)31-27(23)17-21(25)3/h5-10,17-20H,1-2,11-16H2,3-4H3/b9-7+,10-8?. The number of rotatable bonds is 12. The molecule has 1 heterocycles. The summed E-state index contributed by atoms with van der Waals surface area (Å²) < 4.78 is 18.2. The van der Waals surface area contributed by atoms with E-state index in [0.717, 1.165) is 70.2 Å². The number of unbranched alkanes of at least 4 members (excludes halogenated alkanes) is 2. The average Bonchev–Trinajstić information content (AvgIpc) is 3.08. The van der Waals surface area contributed by atoms with Crippen LogP contribution >= 0.6 is 0 Å². The molecule has 0 atom stereocenters. The molecule has 0 saturated heterocycles. The smallest absolute Gasteiger partial charge is 0.135 e. The van der Waals surface area contributed by atoms with Gasteiger partial charge in [0.15, 0.2) is 0 Å². The molecular formula is C28H32O3. The summed E-state index contributed by atoms with van der Waals surface area (Å²) in [7, 11) is 0. The molecule has 3 heteroatoms. The summed E-state index contributed by atoms with van der Waals surface area (Å²) in [6.07, 6.45) is 15.6. The fraction of sp³-hybridized carbons (Fsp3) is 0.286. The lowest BCUT2D eigenvalue weighted by atomic mass is 10.1. The Morgan fingerprint density at radius 3 is 1.61 bits per heavy atom. The topological polar surface area (TPSA) is 31.6 Å². The first kappa shape index (κ1) is 22.5. The first-order chi connectivity index (χ1) is 15.1. The molecule has 0 N–H and O–H groups in total. The quantitative estimate of drug-likeness (QED) is 0.221. The molecule has 2 aromatic carbocycles. The second-order valence-corrected chi connectivity index (χ2v) is 7.64. The largest absolute Gasteiger partial charge is 0.493 e. The van der Waals surface area contributed by atoms with Crippen LogP contribution in [0.3, 0.4) is 0 Å². The van der Waals surface area contributed by atoms with Crippen LogP contribution in [0.5, 0.6) is 11.5 Å². The van der Waals surface area contributed by atoms with E-state index in [4.69, 9.17) is 13.9 Å². The molecule has 0 saturated carbocycles. The Bertz CT molecular complexity index is 1010. The fourth-order valence-corrected chi connectivity index (χ4v) is 3.49. The van der Waals surface area contributed by atoms with E-state index in [-0.39, 0.29) is 0 Å². The zero-order valence-electron chi connectivity index (χ0n) is 18.7. The van der Waals surface area contributed by atoms with Gasteiger partial charge in [0.05, 0.1) is 13.2 Å². The summed E-state index contributed by atoms with van der Waals surface area (Å²) in [4.78, 5) is 0. The monoisotopic (exact) mass is 416 g/mol. The summed E-state index contributed by atoms with van der Waals surface area (Å²) in [5, 5.41) is 2.11. The summed E-state index contributed by atoms with van der Waals surface area (Å²) in [5.41, 5.74) is 3.91. The van der Waals surface area contributed by atoms with Crippen LogP contribution in [0.2, 0.25) is 0 Å². The van der Waals surface area contributed by atoms with Gasteiger partial charge in [-0.25, -0.2) is 0 Å². The minimum atomic E-state index is 0.678. The molecule has 0 fully saturated rings. The van der Waals surface area contributed by atoms with Crippen molar-refractivity contribution in [2.24, 2.45) is 0 Å². The third kappa shape index (κ3) is 5.91. The van der Waals surface area contributed by atoms with Gasteiger partial charge in [-0.1, -0.05) is 49.6 Å². The van der Waals surface area contributed by atoms with Crippen molar-refractivity contribution >= 4 is 21.9 Å². The number of furan rings is 1. The molecule has 0 aliphatic heterocycles. The Labute approximate surface area is 185 Å². The van der Waals surface area contributed by atoms with Gasteiger partial charge in [0, 0.05) is 10.8 Å². The number of aryl methyl sites for hydroxylation is 2. The van der Waals surface area contributed by atoms with Crippen LogP contribution < -0.4 is 9.47 Å². The van der Waals surface area contributed by atoms with Gasteiger partial charge in [0.25, 0.3) is 0 Å². The molecule has 3 aromatic rings. The van der Waals surface area contributed by atoms with Crippen LogP contribution in [0.1, 0.15) is 36.8 Å². The molecule has 0 aliphatic rings. The minimum Gasteiger partial charge on any atom is -0.493 e. The Hall–Kier alpha value is -3.20. The fourth-order valence-electron chi connectivity index (χ4n) is 3.49. The summed E-state index contributed by atoms with van der Waals surface area (Å²) >= 11 is 0. The van der Waals surface area contributed by atoms with Crippen molar-refractivity contribution in [2.45, 2.75) is 39.5 Å². The van der Waals surface area contributed by atoms with E-state index in [1.54, 1.807) is 12.2 Å². The van der Waals surface area contributed by atoms with Crippen LogP contribution in [0.15, 0.2) is 78.3 Å². The zero-order valence-corrected chi connectivity index (χ0v) is 18.7. The van der Waals surface area contributed by atoms with E-state index in [2.05, 4.69) is 63.4 Å². The van der Waals surface area contributed by atoms with Crippen LogP contribution in [0.25, 0.3) is 21.9 Å². The highest BCUT2D eigenvalue weighted by Crippen LogP contribution is 2.37. The Kier molecular flexibility index (Phi) is 8.17. The van der Waals surface area contributed by atoms with Gasteiger partial charge in [-0.3, -0.25) is 0 Å². The molecular weight excluding hydrogens is 384 g/mol. The molecule has 0 unspecified atom stereocenters. The maximum absolute atomic E-state index is 6.12. The maximum Gasteiger partial charge on any atom is 0.135 e. The zero-order chi connectivity index (χ0) is 22.1. The van der Waals surface area contributed by atoms with Crippen molar-refractivity contribution < 1.29 is 13.9 Å². The predicted molar refractivity (Wildman–Crippen MR) is 131 cm³/mol. The molecule has 1 aromatic heterocycles. The number of hydrogen-bond acceptors (Lipinski definition) is 3. The molecule has 162 valence electrons. The molecule has 0 radical (unpaired) electrons. The molecule has 0 amide bonds. The van der Waals surface area contributed by atoms with E-state index in [0.29, 0.717) is 13.2 Å². The van der Waals surface area contributed by atoms with Crippen molar-refractivity contribution in [3.63, 3.8) is 0 Å². The number of allylic oxidation sites excluding steroid dienone is 6.